The van der Waals surface area contributed by atoms with Crippen LogP contribution in [0.2, 0.25) is 0 Å². The highest BCUT2D eigenvalue weighted by atomic mass is 16.2. The summed E-state index contributed by atoms with van der Waals surface area (Å²) in [5.41, 5.74) is 0. The van der Waals surface area contributed by atoms with Crippen LogP contribution in [0.5, 0.6) is 0 Å². The second-order valence-corrected chi connectivity index (χ2v) is 4.76. The normalized spacial score (nSPS) is 41.0. The van der Waals surface area contributed by atoms with Gasteiger partial charge in [0, 0.05) is 12.6 Å². The third kappa shape index (κ3) is 1.92. The second-order valence-electron chi connectivity index (χ2n) is 4.76. The molecule has 80 valence electrons. The summed E-state index contributed by atoms with van der Waals surface area (Å²) in [7, 11) is 0. The fourth-order valence-electron chi connectivity index (χ4n) is 2.33. The van der Waals surface area contributed by atoms with Crippen LogP contribution >= 0.6 is 0 Å². The summed E-state index contributed by atoms with van der Waals surface area (Å²) in [5.74, 6) is 1.72. The van der Waals surface area contributed by atoms with E-state index >= 15 is 0 Å². The zero-order valence-corrected chi connectivity index (χ0v) is 9.05. The van der Waals surface area contributed by atoms with Crippen molar-refractivity contribution in [3.63, 3.8) is 0 Å². The third-order valence-corrected chi connectivity index (χ3v) is 3.63. The highest BCUT2D eigenvalue weighted by molar-refractivity contribution is 5.80. The van der Waals surface area contributed by atoms with Gasteiger partial charge in [0.2, 0.25) is 5.91 Å². The first-order chi connectivity index (χ1) is 6.72. The minimum absolute atomic E-state index is 0.202. The van der Waals surface area contributed by atoms with Crippen LogP contribution in [-0.2, 0) is 4.79 Å². The lowest BCUT2D eigenvalue weighted by atomic mass is 9.97. The molecule has 2 rings (SSSR count). The maximum absolute atomic E-state index is 11.8. The Balaban J connectivity index is 1.78. The van der Waals surface area contributed by atoms with Crippen molar-refractivity contribution in [1.29, 1.82) is 0 Å². The summed E-state index contributed by atoms with van der Waals surface area (Å²) in [4.78, 5) is 11.8. The van der Waals surface area contributed by atoms with E-state index in [0.717, 1.165) is 19.0 Å². The van der Waals surface area contributed by atoms with Gasteiger partial charge in [0.15, 0.2) is 0 Å². The van der Waals surface area contributed by atoms with Crippen LogP contribution in [0.3, 0.4) is 0 Å². The molecule has 2 unspecified atom stereocenters. The van der Waals surface area contributed by atoms with E-state index in [1.54, 1.807) is 0 Å². The van der Waals surface area contributed by atoms with Gasteiger partial charge in [-0.15, -0.1) is 0 Å². The molecule has 4 atom stereocenters. The lowest BCUT2D eigenvalue weighted by Crippen LogP contribution is -2.36. The van der Waals surface area contributed by atoms with Gasteiger partial charge in [-0.1, -0.05) is 20.3 Å². The molecule has 1 saturated heterocycles. The van der Waals surface area contributed by atoms with Crippen LogP contribution in [-0.4, -0.2) is 25.0 Å². The summed E-state index contributed by atoms with van der Waals surface area (Å²) >= 11 is 0. The van der Waals surface area contributed by atoms with Crippen molar-refractivity contribution >= 4 is 5.91 Å². The van der Waals surface area contributed by atoms with Crippen LogP contribution in [0.25, 0.3) is 0 Å². The Morgan fingerprint density at radius 3 is 2.79 bits per heavy atom. The Labute approximate surface area is 85.6 Å². The summed E-state index contributed by atoms with van der Waals surface area (Å²) < 4.78 is 0. The van der Waals surface area contributed by atoms with E-state index in [9.17, 15) is 4.79 Å². The Hall–Kier alpha value is -0.570. The van der Waals surface area contributed by atoms with Crippen molar-refractivity contribution in [1.82, 2.24) is 10.6 Å². The van der Waals surface area contributed by atoms with E-state index in [1.165, 1.54) is 12.8 Å². The van der Waals surface area contributed by atoms with Gasteiger partial charge < -0.3 is 10.6 Å². The molecule has 3 nitrogen and oxygen atoms in total. The Kier molecular flexibility index (Phi) is 2.77. The van der Waals surface area contributed by atoms with E-state index < -0.39 is 0 Å². The number of rotatable bonds is 3. The third-order valence-electron chi connectivity index (χ3n) is 3.63. The van der Waals surface area contributed by atoms with Crippen molar-refractivity contribution in [2.75, 3.05) is 13.1 Å². The maximum atomic E-state index is 11.8. The van der Waals surface area contributed by atoms with Gasteiger partial charge in [-0.25, -0.2) is 0 Å². The summed E-state index contributed by atoms with van der Waals surface area (Å²) in [6, 6.07) is 0.486. The predicted octanol–water partition coefficient (Wildman–Crippen LogP) is 0.757. The highest BCUT2D eigenvalue weighted by Crippen LogP contribution is 2.33. The van der Waals surface area contributed by atoms with Crippen LogP contribution in [0.1, 0.15) is 26.7 Å². The van der Waals surface area contributed by atoms with E-state index in [2.05, 4.69) is 24.5 Å². The minimum Gasteiger partial charge on any atom is -0.353 e. The molecule has 14 heavy (non-hydrogen) atoms. The molecular weight excluding hydrogens is 176 g/mol. The van der Waals surface area contributed by atoms with E-state index in [1.807, 2.05) is 0 Å². The molecule has 2 fully saturated rings. The molecule has 2 aliphatic rings. The summed E-state index contributed by atoms with van der Waals surface area (Å²) in [6.45, 7) is 6.18. The Bertz CT molecular complexity index is 229. The lowest BCUT2D eigenvalue weighted by Gasteiger charge is -2.13. The molecule has 0 radical (unpaired) electrons. The van der Waals surface area contributed by atoms with E-state index in [4.69, 9.17) is 0 Å². The molecule has 0 aromatic heterocycles. The van der Waals surface area contributed by atoms with Gasteiger partial charge >= 0.3 is 0 Å². The molecule has 0 bridgehead atoms. The van der Waals surface area contributed by atoms with Crippen molar-refractivity contribution in [2.24, 2.45) is 17.8 Å². The van der Waals surface area contributed by atoms with Crippen molar-refractivity contribution in [3.8, 4) is 0 Å². The fourth-order valence-corrected chi connectivity index (χ4v) is 2.33. The molecule has 0 aromatic carbocycles. The second kappa shape index (κ2) is 3.89. The number of nitrogens with one attached hydrogen (secondary N) is 2. The number of hydrogen-bond acceptors (Lipinski definition) is 2. The molecule has 1 saturated carbocycles. The Morgan fingerprint density at radius 2 is 2.29 bits per heavy atom. The van der Waals surface area contributed by atoms with E-state index in [0.29, 0.717) is 12.0 Å². The van der Waals surface area contributed by atoms with Gasteiger partial charge in [0.25, 0.3) is 0 Å². The molecule has 3 heteroatoms. The quantitative estimate of drug-likeness (QED) is 0.699. The monoisotopic (exact) mass is 196 g/mol. The zero-order valence-electron chi connectivity index (χ0n) is 9.05. The average Bonchev–Trinajstić information content (AvgIpc) is 2.77. The van der Waals surface area contributed by atoms with Crippen LogP contribution in [0.4, 0.5) is 0 Å². The molecule has 0 aromatic rings. The molecule has 1 heterocycles. The van der Waals surface area contributed by atoms with Crippen LogP contribution in [0, 0.1) is 17.8 Å². The van der Waals surface area contributed by atoms with Gasteiger partial charge in [-0.2, -0.15) is 0 Å². The molecule has 1 aliphatic heterocycles. The fraction of sp³-hybridized carbons (Fsp3) is 0.909. The number of carbonyl (C=O) groups excluding carboxylic acids is 1. The molecule has 1 amide bonds. The lowest BCUT2D eigenvalue weighted by molar-refractivity contribution is -0.125. The van der Waals surface area contributed by atoms with Gasteiger partial charge in [0.05, 0.1) is 5.92 Å². The smallest absolute Gasteiger partial charge is 0.224 e. The standard InChI is InChI=1S/C11H20N2O/c1-3-8-4-10(8)13-11(14)9-6-12-5-7(9)2/h7-10,12H,3-6H2,1-2H3,(H,13,14)/t7-,8?,9-,10?/m1/s1. The van der Waals surface area contributed by atoms with Crippen molar-refractivity contribution in [2.45, 2.75) is 32.7 Å². The molecule has 2 N–H and O–H groups in total. The first-order valence-electron chi connectivity index (χ1n) is 5.73. The van der Waals surface area contributed by atoms with Crippen LogP contribution in [0.15, 0.2) is 0 Å². The van der Waals surface area contributed by atoms with Crippen molar-refractivity contribution in [3.05, 3.63) is 0 Å². The molecule has 1 aliphatic carbocycles. The topological polar surface area (TPSA) is 41.1 Å². The van der Waals surface area contributed by atoms with Gasteiger partial charge in [-0.05, 0) is 24.8 Å². The number of amides is 1. The largest absolute Gasteiger partial charge is 0.353 e. The number of hydrogen-bond donors (Lipinski definition) is 2. The zero-order chi connectivity index (χ0) is 10.1. The number of carbonyl (C=O) groups is 1. The average molecular weight is 196 g/mol. The minimum atomic E-state index is 0.202. The van der Waals surface area contributed by atoms with E-state index in [-0.39, 0.29) is 11.8 Å². The molecular formula is C11H20N2O. The Morgan fingerprint density at radius 1 is 1.50 bits per heavy atom. The molecule has 0 spiro atoms. The van der Waals surface area contributed by atoms with Gasteiger partial charge in [-0.3, -0.25) is 4.79 Å². The highest BCUT2D eigenvalue weighted by Gasteiger charge is 2.39. The maximum Gasteiger partial charge on any atom is 0.224 e. The SMILES string of the molecule is CCC1CC1NC(=O)[C@@H]1CNC[C@H]1C. The van der Waals surface area contributed by atoms with Crippen molar-refractivity contribution < 1.29 is 4.79 Å². The first kappa shape index (κ1) is 9.97. The van der Waals surface area contributed by atoms with Crippen LogP contribution < -0.4 is 10.6 Å². The first-order valence-corrected chi connectivity index (χ1v) is 5.73. The predicted molar refractivity (Wildman–Crippen MR) is 55.9 cm³/mol. The summed E-state index contributed by atoms with van der Waals surface area (Å²) in [6.07, 6.45) is 2.39. The van der Waals surface area contributed by atoms with Gasteiger partial charge in [0.1, 0.15) is 0 Å². The summed E-state index contributed by atoms with van der Waals surface area (Å²) in [5, 5.41) is 6.41.